The molecule has 0 spiro atoms. The molecule has 0 radical (unpaired) electrons. The van der Waals surface area contributed by atoms with E-state index in [0.29, 0.717) is 0 Å². The Kier molecular flexibility index (Phi) is 6.67. The van der Waals surface area contributed by atoms with Crippen molar-refractivity contribution in [3.05, 3.63) is 23.8 Å². The van der Waals surface area contributed by atoms with E-state index in [-0.39, 0.29) is 12.1 Å². The molecule has 0 aliphatic rings. The van der Waals surface area contributed by atoms with Crippen molar-refractivity contribution in [3.63, 3.8) is 0 Å². The SMILES string of the molecule is CCOC(C)CNC(C)c1ccc(OC)cc1OC. The van der Waals surface area contributed by atoms with Crippen LogP contribution in [0.15, 0.2) is 18.2 Å². The summed E-state index contributed by atoms with van der Waals surface area (Å²) in [5.74, 6) is 1.64. The average Bonchev–Trinajstić information content (AvgIpc) is 2.44. The first-order valence-corrected chi connectivity index (χ1v) is 6.69. The minimum atomic E-state index is 0.198. The number of methoxy groups -OCH3 is 2. The van der Waals surface area contributed by atoms with E-state index in [2.05, 4.69) is 19.2 Å². The average molecular weight is 267 g/mol. The van der Waals surface area contributed by atoms with E-state index >= 15 is 0 Å². The van der Waals surface area contributed by atoms with Crippen LogP contribution in [0.1, 0.15) is 32.4 Å². The summed E-state index contributed by atoms with van der Waals surface area (Å²) in [4.78, 5) is 0. The maximum Gasteiger partial charge on any atom is 0.127 e. The molecule has 0 aliphatic heterocycles. The van der Waals surface area contributed by atoms with Gasteiger partial charge in [0.25, 0.3) is 0 Å². The molecule has 0 aliphatic carbocycles. The summed E-state index contributed by atoms with van der Waals surface area (Å²) in [7, 11) is 3.33. The largest absolute Gasteiger partial charge is 0.497 e. The molecule has 0 heterocycles. The topological polar surface area (TPSA) is 39.7 Å². The zero-order chi connectivity index (χ0) is 14.3. The molecule has 0 amide bonds. The zero-order valence-corrected chi connectivity index (χ0v) is 12.5. The van der Waals surface area contributed by atoms with E-state index in [1.807, 2.05) is 25.1 Å². The molecule has 2 unspecified atom stereocenters. The van der Waals surface area contributed by atoms with Gasteiger partial charge in [-0.25, -0.2) is 0 Å². The Hall–Kier alpha value is -1.26. The van der Waals surface area contributed by atoms with Crippen molar-refractivity contribution in [1.29, 1.82) is 0 Å². The highest BCUT2D eigenvalue weighted by Crippen LogP contribution is 2.29. The van der Waals surface area contributed by atoms with E-state index < -0.39 is 0 Å². The molecule has 0 fully saturated rings. The Bertz CT molecular complexity index is 382. The summed E-state index contributed by atoms with van der Waals surface area (Å²) in [6.07, 6.45) is 0.205. The molecule has 1 aromatic rings. The third-order valence-electron chi connectivity index (χ3n) is 3.07. The van der Waals surface area contributed by atoms with Gasteiger partial charge in [0.05, 0.1) is 20.3 Å². The lowest BCUT2D eigenvalue weighted by molar-refractivity contribution is 0.0743. The maximum atomic E-state index is 5.51. The van der Waals surface area contributed by atoms with Gasteiger partial charge in [-0.05, 0) is 26.8 Å². The van der Waals surface area contributed by atoms with Crippen LogP contribution in [0.25, 0.3) is 0 Å². The normalized spacial score (nSPS) is 13.9. The first-order valence-electron chi connectivity index (χ1n) is 6.69. The third kappa shape index (κ3) is 4.73. The van der Waals surface area contributed by atoms with Crippen LogP contribution in [0.4, 0.5) is 0 Å². The zero-order valence-electron chi connectivity index (χ0n) is 12.5. The van der Waals surface area contributed by atoms with Crippen LogP contribution < -0.4 is 14.8 Å². The van der Waals surface area contributed by atoms with Crippen LogP contribution in [-0.2, 0) is 4.74 Å². The molecule has 1 aromatic carbocycles. The van der Waals surface area contributed by atoms with Crippen molar-refractivity contribution in [2.24, 2.45) is 0 Å². The Morgan fingerprint density at radius 3 is 2.47 bits per heavy atom. The third-order valence-corrected chi connectivity index (χ3v) is 3.07. The molecule has 0 aromatic heterocycles. The van der Waals surface area contributed by atoms with Crippen LogP contribution in [0.2, 0.25) is 0 Å². The van der Waals surface area contributed by atoms with Gasteiger partial charge in [0, 0.05) is 30.8 Å². The fraction of sp³-hybridized carbons (Fsp3) is 0.600. The van der Waals surface area contributed by atoms with Gasteiger partial charge in [-0.1, -0.05) is 6.07 Å². The molecule has 108 valence electrons. The number of benzene rings is 1. The van der Waals surface area contributed by atoms with E-state index in [4.69, 9.17) is 14.2 Å². The molecule has 4 nitrogen and oxygen atoms in total. The molecule has 0 saturated carbocycles. The molecule has 2 atom stereocenters. The van der Waals surface area contributed by atoms with Crippen molar-refractivity contribution in [3.8, 4) is 11.5 Å². The van der Waals surface area contributed by atoms with Gasteiger partial charge in [0.15, 0.2) is 0 Å². The summed E-state index contributed by atoms with van der Waals surface area (Å²) in [6, 6.07) is 6.08. The highest BCUT2D eigenvalue weighted by molar-refractivity contribution is 5.42. The Morgan fingerprint density at radius 1 is 1.16 bits per heavy atom. The molecule has 19 heavy (non-hydrogen) atoms. The minimum absolute atomic E-state index is 0.198. The second-order valence-corrected chi connectivity index (χ2v) is 4.50. The van der Waals surface area contributed by atoms with Gasteiger partial charge in [-0.15, -0.1) is 0 Å². The number of nitrogens with one attached hydrogen (secondary N) is 1. The van der Waals surface area contributed by atoms with Crippen LogP contribution in [-0.4, -0.2) is 33.5 Å². The van der Waals surface area contributed by atoms with Crippen molar-refractivity contribution in [2.75, 3.05) is 27.4 Å². The summed E-state index contributed by atoms with van der Waals surface area (Å²) < 4.78 is 16.1. The van der Waals surface area contributed by atoms with Crippen LogP contribution in [0.5, 0.6) is 11.5 Å². The lowest BCUT2D eigenvalue weighted by atomic mass is 10.1. The summed E-state index contributed by atoms with van der Waals surface area (Å²) >= 11 is 0. The van der Waals surface area contributed by atoms with E-state index in [0.717, 1.165) is 30.2 Å². The summed E-state index contributed by atoms with van der Waals surface area (Å²) in [5.41, 5.74) is 1.12. The standard InChI is InChI=1S/C15H25NO3/c1-6-19-11(2)10-16-12(3)14-8-7-13(17-4)9-15(14)18-5/h7-9,11-12,16H,6,10H2,1-5H3. The monoisotopic (exact) mass is 267 g/mol. The van der Waals surface area contributed by atoms with Gasteiger partial charge in [0.1, 0.15) is 11.5 Å². The fourth-order valence-electron chi connectivity index (χ4n) is 1.97. The Labute approximate surface area is 116 Å². The Balaban J connectivity index is 2.68. The van der Waals surface area contributed by atoms with E-state index in [1.54, 1.807) is 14.2 Å². The molecule has 1 rings (SSSR count). The van der Waals surface area contributed by atoms with Crippen molar-refractivity contribution in [2.45, 2.75) is 32.9 Å². The van der Waals surface area contributed by atoms with Gasteiger partial charge in [-0.3, -0.25) is 0 Å². The van der Waals surface area contributed by atoms with Gasteiger partial charge < -0.3 is 19.5 Å². The molecular formula is C15H25NO3. The van der Waals surface area contributed by atoms with Gasteiger partial charge >= 0.3 is 0 Å². The lowest BCUT2D eigenvalue weighted by Gasteiger charge is -2.20. The van der Waals surface area contributed by atoms with Gasteiger partial charge in [-0.2, -0.15) is 0 Å². The van der Waals surface area contributed by atoms with E-state index in [1.165, 1.54) is 0 Å². The number of hydrogen-bond acceptors (Lipinski definition) is 4. The first-order chi connectivity index (χ1) is 9.12. The molecular weight excluding hydrogens is 242 g/mol. The van der Waals surface area contributed by atoms with Crippen LogP contribution in [0, 0.1) is 0 Å². The smallest absolute Gasteiger partial charge is 0.127 e. The quantitative estimate of drug-likeness (QED) is 0.786. The van der Waals surface area contributed by atoms with E-state index in [9.17, 15) is 0 Å². The number of rotatable bonds is 8. The van der Waals surface area contributed by atoms with Crippen LogP contribution >= 0.6 is 0 Å². The molecule has 4 heteroatoms. The second-order valence-electron chi connectivity index (χ2n) is 4.50. The predicted molar refractivity (Wildman–Crippen MR) is 77.1 cm³/mol. The highest BCUT2D eigenvalue weighted by atomic mass is 16.5. The molecule has 1 N–H and O–H groups in total. The summed E-state index contributed by atoms with van der Waals surface area (Å²) in [5, 5.41) is 3.45. The van der Waals surface area contributed by atoms with Crippen molar-refractivity contribution < 1.29 is 14.2 Å². The van der Waals surface area contributed by atoms with Crippen LogP contribution in [0.3, 0.4) is 0 Å². The predicted octanol–water partition coefficient (Wildman–Crippen LogP) is 2.78. The van der Waals surface area contributed by atoms with Crippen molar-refractivity contribution in [1.82, 2.24) is 5.32 Å². The minimum Gasteiger partial charge on any atom is -0.497 e. The molecule has 0 saturated heterocycles. The highest BCUT2D eigenvalue weighted by Gasteiger charge is 2.13. The fourth-order valence-corrected chi connectivity index (χ4v) is 1.97. The first kappa shape index (κ1) is 15.8. The number of hydrogen-bond donors (Lipinski definition) is 1. The Morgan fingerprint density at radius 2 is 1.89 bits per heavy atom. The number of ether oxygens (including phenoxy) is 3. The lowest BCUT2D eigenvalue weighted by Crippen LogP contribution is -2.29. The second kappa shape index (κ2) is 8.02. The summed E-state index contributed by atoms with van der Waals surface area (Å²) in [6.45, 7) is 7.73. The van der Waals surface area contributed by atoms with Crippen molar-refractivity contribution >= 4 is 0 Å². The maximum absolute atomic E-state index is 5.51. The van der Waals surface area contributed by atoms with Gasteiger partial charge in [0.2, 0.25) is 0 Å². The molecule has 0 bridgehead atoms.